The first-order chi connectivity index (χ1) is 6.96. The molecule has 3 heteroatoms. The van der Waals surface area contributed by atoms with Crippen molar-refractivity contribution >= 4 is 17.2 Å². The molecule has 1 rings (SSSR count). The normalized spacial score (nSPS) is 11.1. The quantitative estimate of drug-likeness (QED) is 0.721. The lowest BCUT2D eigenvalue weighted by molar-refractivity contribution is 0.0622. The summed E-state index contributed by atoms with van der Waals surface area (Å²) in [5.74, 6) is 0.0809. The molecule has 0 unspecified atom stereocenters. The highest BCUT2D eigenvalue weighted by molar-refractivity contribution is 7.12. The first-order valence-electron chi connectivity index (χ1n) is 4.93. The summed E-state index contributed by atoms with van der Waals surface area (Å²) in [6.45, 7) is 10.4. The van der Waals surface area contributed by atoms with E-state index in [2.05, 4.69) is 6.58 Å². The van der Waals surface area contributed by atoms with Gasteiger partial charge >= 0.3 is 0 Å². The predicted molar refractivity (Wildman–Crippen MR) is 65.3 cm³/mol. The molecule has 0 bridgehead atoms. The maximum Gasteiger partial charge on any atom is 0.264 e. The third kappa shape index (κ3) is 2.93. The Balaban J connectivity index is 2.91. The Bertz CT molecular complexity index is 335. The van der Waals surface area contributed by atoms with Crippen molar-refractivity contribution in [2.24, 2.45) is 0 Å². The van der Waals surface area contributed by atoms with E-state index in [9.17, 15) is 4.79 Å². The van der Waals surface area contributed by atoms with Crippen molar-refractivity contribution in [2.45, 2.75) is 26.3 Å². The van der Waals surface area contributed by atoms with E-state index in [0.717, 1.165) is 4.88 Å². The summed E-state index contributed by atoms with van der Waals surface area (Å²) in [6.07, 6.45) is 1.76. The fourth-order valence-corrected chi connectivity index (χ4v) is 2.00. The Kier molecular flexibility index (Phi) is 3.69. The highest BCUT2D eigenvalue weighted by atomic mass is 32.1. The third-order valence-electron chi connectivity index (χ3n) is 2.10. The van der Waals surface area contributed by atoms with Gasteiger partial charge in [-0.15, -0.1) is 17.9 Å². The molecule has 1 aromatic rings. The first kappa shape index (κ1) is 12.0. The van der Waals surface area contributed by atoms with Gasteiger partial charge in [0.15, 0.2) is 0 Å². The highest BCUT2D eigenvalue weighted by Gasteiger charge is 2.26. The second kappa shape index (κ2) is 4.62. The molecule has 0 aliphatic rings. The molecule has 1 heterocycles. The number of nitrogens with zero attached hydrogens (tertiary/aromatic N) is 1. The van der Waals surface area contributed by atoms with Crippen LogP contribution in [0.2, 0.25) is 0 Å². The highest BCUT2D eigenvalue weighted by Crippen LogP contribution is 2.19. The van der Waals surface area contributed by atoms with Gasteiger partial charge in [0.05, 0.1) is 4.88 Å². The minimum absolute atomic E-state index is 0.0809. The Hall–Kier alpha value is -1.09. The van der Waals surface area contributed by atoms with Crippen LogP contribution < -0.4 is 0 Å². The minimum Gasteiger partial charge on any atom is -0.329 e. The molecule has 1 aromatic heterocycles. The monoisotopic (exact) mass is 223 g/mol. The molecular weight excluding hydrogens is 206 g/mol. The van der Waals surface area contributed by atoms with E-state index in [1.807, 2.05) is 43.2 Å². The van der Waals surface area contributed by atoms with Gasteiger partial charge < -0.3 is 4.90 Å². The molecule has 0 spiro atoms. The number of amides is 1. The maximum absolute atomic E-state index is 12.1. The van der Waals surface area contributed by atoms with Crippen LogP contribution in [0.3, 0.4) is 0 Å². The molecular formula is C12H17NOS. The number of carbonyl (C=O) groups excluding carboxylic acids is 1. The molecule has 0 aliphatic carbocycles. The Morgan fingerprint density at radius 2 is 2.27 bits per heavy atom. The van der Waals surface area contributed by atoms with Crippen LogP contribution in [0.4, 0.5) is 0 Å². The van der Waals surface area contributed by atoms with Gasteiger partial charge in [0.25, 0.3) is 5.91 Å². The van der Waals surface area contributed by atoms with Gasteiger partial charge in [0.1, 0.15) is 0 Å². The summed E-state index contributed by atoms with van der Waals surface area (Å²) in [7, 11) is 0. The average Bonchev–Trinajstić information content (AvgIpc) is 2.63. The SMILES string of the molecule is C=CCN(C(=O)c1cccs1)C(C)(C)C. The average molecular weight is 223 g/mol. The molecule has 2 nitrogen and oxygen atoms in total. The van der Waals surface area contributed by atoms with Crippen LogP contribution in [0, 0.1) is 0 Å². The minimum atomic E-state index is -0.171. The van der Waals surface area contributed by atoms with E-state index in [1.54, 1.807) is 6.08 Å². The summed E-state index contributed by atoms with van der Waals surface area (Å²) in [6, 6.07) is 3.75. The summed E-state index contributed by atoms with van der Waals surface area (Å²) in [5.41, 5.74) is -0.171. The summed E-state index contributed by atoms with van der Waals surface area (Å²) in [4.78, 5) is 14.7. The first-order valence-corrected chi connectivity index (χ1v) is 5.81. The Morgan fingerprint density at radius 1 is 1.60 bits per heavy atom. The van der Waals surface area contributed by atoms with Gasteiger partial charge in [-0.05, 0) is 32.2 Å². The number of hydrogen-bond acceptors (Lipinski definition) is 2. The molecule has 0 saturated heterocycles. The third-order valence-corrected chi connectivity index (χ3v) is 2.96. The standard InChI is InChI=1S/C12H17NOS/c1-5-8-13(12(2,3)4)11(14)10-7-6-9-15-10/h5-7,9H,1,8H2,2-4H3. The second-order valence-electron chi connectivity index (χ2n) is 4.35. The predicted octanol–water partition coefficient (Wildman–Crippen LogP) is 3.17. The van der Waals surface area contributed by atoms with Crippen molar-refractivity contribution in [3.63, 3.8) is 0 Å². The lowest BCUT2D eigenvalue weighted by atomic mass is 10.1. The van der Waals surface area contributed by atoms with Crippen LogP contribution in [0.15, 0.2) is 30.2 Å². The molecule has 0 aromatic carbocycles. The lowest BCUT2D eigenvalue weighted by Gasteiger charge is -2.34. The summed E-state index contributed by atoms with van der Waals surface area (Å²) >= 11 is 1.48. The van der Waals surface area contributed by atoms with Crippen LogP contribution in [0.5, 0.6) is 0 Å². The number of thiophene rings is 1. The molecule has 1 amide bonds. The van der Waals surface area contributed by atoms with E-state index in [1.165, 1.54) is 11.3 Å². The fourth-order valence-electron chi connectivity index (χ4n) is 1.32. The van der Waals surface area contributed by atoms with E-state index in [-0.39, 0.29) is 11.4 Å². The molecule has 0 fully saturated rings. The smallest absolute Gasteiger partial charge is 0.264 e. The molecule has 0 atom stereocenters. The van der Waals surface area contributed by atoms with Gasteiger partial charge in [0.2, 0.25) is 0 Å². The van der Waals surface area contributed by atoms with Crippen molar-refractivity contribution in [3.05, 3.63) is 35.0 Å². The van der Waals surface area contributed by atoms with Crippen LogP contribution in [0.25, 0.3) is 0 Å². The maximum atomic E-state index is 12.1. The van der Waals surface area contributed by atoms with Gasteiger partial charge in [-0.3, -0.25) is 4.79 Å². The molecule has 0 radical (unpaired) electrons. The zero-order chi connectivity index (χ0) is 11.5. The zero-order valence-electron chi connectivity index (χ0n) is 9.49. The Labute approximate surface area is 95.2 Å². The number of carbonyl (C=O) groups is 1. The molecule has 0 aliphatic heterocycles. The Morgan fingerprint density at radius 3 is 2.67 bits per heavy atom. The topological polar surface area (TPSA) is 20.3 Å². The van der Waals surface area contributed by atoms with Crippen molar-refractivity contribution in [1.29, 1.82) is 0 Å². The van der Waals surface area contributed by atoms with Crippen molar-refractivity contribution in [1.82, 2.24) is 4.90 Å². The van der Waals surface area contributed by atoms with Gasteiger partial charge in [-0.1, -0.05) is 12.1 Å². The van der Waals surface area contributed by atoms with Crippen LogP contribution in [-0.4, -0.2) is 22.9 Å². The van der Waals surface area contributed by atoms with Crippen molar-refractivity contribution in [3.8, 4) is 0 Å². The van der Waals surface area contributed by atoms with Crippen LogP contribution >= 0.6 is 11.3 Å². The lowest BCUT2D eigenvalue weighted by Crippen LogP contribution is -2.45. The summed E-state index contributed by atoms with van der Waals surface area (Å²) in [5, 5.41) is 1.92. The van der Waals surface area contributed by atoms with Crippen LogP contribution in [-0.2, 0) is 0 Å². The number of rotatable bonds is 3. The molecule has 0 N–H and O–H groups in total. The largest absolute Gasteiger partial charge is 0.329 e. The number of hydrogen-bond donors (Lipinski definition) is 0. The molecule has 15 heavy (non-hydrogen) atoms. The van der Waals surface area contributed by atoms with Gasteiger partial charge in [-0.2, -0.15) is 0 Å². The summed E-state index contributed by atoms with van der Waals surface area (Å²) < 4.78 is 0. The molecule has 82 valence electrons. The van der Waals surface area contributed by atoms with E-state index >= 15 is 0 Å². The van der Waals surface area contributed by atoms with Crippen molar-refractivity contribution < 1.29 is 4.79 Å². The van der Waals surface area contributed by atoms with E-state index in [0.29, 0.717) is 6.54 Å². The molecule has 0 saturated carbocycles. The second-order valence-corrected chi connectivity index (χ2v) is 5.30. The van der Waals surface area contributed by atoms with E-state index in [4.69, 9.17) is 0 Å². The van der Waals surface area contributed by atoms with Crippen LogP contribution in [0.1, 0.15) is 30.4 Å². The van der Waals surface area contributed by atoms with Gasteiger partial charge in [-0.25, -0.2) is 0 Å². The van der Waals surface area contributed by atoms with Crippen molar-refractivity contribution in [2.75, 3.05) is 6.54 Å². The fraction of sp³-hybridized carbons (Fsp3) is 0.417. The van der Waals surface area contributed by atoms with E-state index < -0.39 is 0 Å². The van der Waals surface area contributed by atoms with Gasteiger partial charge in [0, 0.05) is 12.1 Å². The zero-order valence-corrected chi connectivity index (χ0v) is 10.3.